The number of aliphatic hydroxyl groups is 2. The Hall–Kier alpha value is -2.45. The van der Waals surface area contributed by atoms with Gasteiger partial charge < -0.3 is 24.8 Å². The zero-order chi connectivity index (χ0) is 22.1. The molecule has 0 radical (unpaired) electrons. The van der Waals surface area contributed by atoms with Gasteiger partial charge in [0, 0.05) is 42.0 Å². The monoisotopic (exact) mass is 430 g/mol. The van der Waals surface area contributed by atoms with Crippen molar-refractivity contribution in [2.75, 3.05) is 24.6 Å². The van der Waals surface area contributed by atoms with Crippen LogP contribution in [0.1, 0.15) is 54.1 Å². The first kappa shape index (κ1) is 20.5. The number of aryl methyl sites for hydroxylation is 1. The summed E-state index contributed by atoms with van der Waals surface area (Å²) in [6.45, 7) is 2.80. The Morgan fingerprint density at radius 3 is 2.61 bits per heavy atom. The Morgan fingerprint density at radius 1 is 1.32 bits per heavy atom. The summed E-state index contributed by atoms with van der Waals surface area (Å²) >= 11 is 0. The SMILES string of the molecule is Cc1c(N2CCC(C(O)C3(CO)CC3)C2)c(F)cc2c(=O)c(C(=O)O)cn(C3CC3)c12. The molecule has 2 atom stereocenters. The second-order valence-corrected chi connectivity index (χ2v) is 9.50. The third-order valence-corrected chi connectivity index (χ3v) is 7.47. The number of carboxylic acid groups (broad SMARTS) is 1. The minimum absolute atomic E-state index is 0.0341. The zero-order valence-corrected chi connectivity index (χ0v) is 17.5. The molecule has 3 N–H and O–H groups in total. The first-order valence-electron chi connectivity index (χ1n) is 10.9. The van der Waals surface area contributed by atoms with E-state index in [2.05, 4.69) is 0 Å². The van der Waals surface area contributed by atoms with Gasteiger partial charge in [-0.05, 0) is 50.7 Å². The van der Waals surface area contributed by atoms with Crippen molar-refractivity contribution in [2.45, 2.75) is 51.2 Å². The van der Waals surface area contributed by atoms with Gasteiger partial charge in [0.15, 0.2) is 0 Å². The first-order chi connectivity index (χ1) is 14.8. The molecule has 1 aromatic carbocycles. The maximum Gasteiger partial charge on any atom is 0.341 e. The van der Waals surface area contributed by atoms with Gasteiger partial charge in [-0.15, -0.1) is 0 Å². The van der Waals surface area contributed by atoms with Crippen LogP contribution in [0.2, 0.25) is 0 Å². The van der Waals surface area contributed by atoms with Gasteiger partial charge >= 0.3 is 5.97 Å². The number of nitrogens with zero attached hydrogens (tertiary/aromatic N) is 2. The second kappa shape index (κ2) is 7.03. The summed E-state index contributed by atoms with van der Waals surface area (Å²) < 4.78 is 17.1. The van der Waals surface area contributed by atoms with Crippen molar-refractivity contribution >= 4 is 22.6 Å². The number of aromatic carboxylic acids is 1. The third kappa shape index (κ3) is 3.15. The number of hydrogen-bond donors (Lipinski definition) is 3. The van der Waals surface area contributed by atoms with Crippen molar-refractivity contribution < 1.29 is 24.5 Å². The maximum atomic E-state index is 15.3. The molecule has 8 heteroatoms. The molecule has 166 valence electrons. The molecule has 1 aromatic heterocycles. The largest absolute Gasteiger partial charge is 0.477 e. The molecule has 2 saturated carbocycles. The Kier molecular flexibility index (Phi) is 4.64. The van der Waals surface area contributed by atoms with Gasteiger partial charge in [0.25, 0.3) is 0 Å². The molecule has 2 heterocycles. The molecule has 3 aliphatic rings. The van der Waals surface area contributed by atoms with Crippen LogP contribution in [0.5, 0.6) is 0 Å². The van der Waals surface area contributed by atoms with Crippen LogP contribution >= 0.6 is 0 Å². The van der Waals surface area contributed by atoms with Crippen LogP contribution in [0, 0.1) is 24.1 Å². The van der Waals surface area contributed by atoms with Gasteiger partial charge in [-0.1, -0.05) is 0 Å². The molecule has 0 spiro atoms. The molecular formula is C23H27FN2O5. The summed E-state index contributed by atoms with van der Waals surface area (Å²) in [5.41, 5.74) is 0.210. The predicted molar refractivity (Wildman–Crippen MR) is 113 cm³/mol. The Morgan fingerprint density at radius 2 is 2.03 bits per heavy atom. The van der Waals surface area contributed by atoms with Crippen LogP contribution in [0.15, 0.2) is 17.1 Å². The molecule has 2 aliphatic carbocycles. The van der Waals surface area contributed by atoms with E-state index >= 15 is 4.39 Å². The van der Waals surface area contributed by atoms with E-state index in [1.807, 2.05) is 9.47 Å². The van der Waals surface area contributed by atoms with E-state index in [-0.39, 0.29) is 29.5 Å². The lowest BCUT2D eigenvalue weighted by Crippen LogP contribution is -2.35. The lowest BCUT2D eigenvalue weighted by molar-refractivity contribution is 0.0139. The van der Waals surface area contributed by atoms with Gasteiger partial charge in [-0.2, -0.15) is 0 Å². The van der Waals surface area contributed by atoms with Crippen molar-refractivity contribution in [2.24, 2.45) is 11.3 Å². The Balaban J connectivity index is 1.58. The lowest BCUT2D eigenvalue weighted by atomic mass is 9.88. The molecule has 3 fully saturated rings. The maximum absolute atomic E-state index is 15.3. The Bertz CT molecular complexity index is 1140. The van der Waals surface area contributed by atoms with Gasteiger partial charge in [0.05, 0.1) is 23.9 Å². The van der Waals surface area contributed by atoms with E-state index < -0.39 is 28.7 Å². The molecule has 0 bridgehead atoms. The normalized spacial score (nSPS) is 23.4. The number of halogens is 1. The fourth-order valence-corrected chi connectivity index (χ4v) is 5.31. The fourth-order valence-electron chi connectivity index (χ4n) is 5.31. The zero-order valence-electron chi connectivity index (χ0n) is 17.5. The fraction of sp³-hybridized carbons (Fsp3) is 0.565. The number of fused-ring (bicyclic) bond motifs is 1. The van der Waals surface area contributed by atoms with Crippen molar-refractivity contribution in [3.8, 4) is 0 Å². The van der Waals surface area contributed by atoms with Crippen LogP contribution in [-0.2, 0) is 0 Å². The number of carboxylic acids is 1. The summed E-state index contributed by atoms with van der Waals surface area (Å²) in [5.74, 6) is -1.91. The highest BCUT2D eigenvalue weighted by Gasteiger charge is 2.52. The molecule has 1 saturated heterocycles. The van der Waals surface area contributed by atoms with Crippen LogP contribution < -0.4 is 10.3 Å². The average molecular weight is 430 g/mol. The number of carbonyl (C=O) groups is 1. The van der Waals surface area contributed by atoms with Crippen molar-refractivity contribution in [3.05, 3.63) is 39.4 Å². The number of benzene rings is 1. The summed E-state index contributed by atoms with van der Waals surface area (Å²) in [7, 11) is 0. The number of aromatic nitrogens is 1. The van der Waals surface area contributed by atoms with E-state index in [4.69, 9.17) is 0 Å². The highest BCUT2D eigenvalue weighted by atomic mass is 19.1. The second-order valence-electron chi connectivity index (χ2n) is 9.50. The van der Waals surface area contributed by atoms with Crippen molar-refractivity contribution in [3.63, 3.8) is 0 Å². The standard InChI is InChI=1S/C23H27FN2O5/c1-12-18-15(20(28)16(22(30)31)10-26(18)14-2-3-14)8-17(24)19(12)25-7-4-13(9-25)21(29)23(11-27)5-6-23/h8,10,13-14,21,27,29H,2-7,9,11H2,1H3,(H,30,31). The van der Waals surface area contributed by atoms with E-state index in [1.54, 1.807) is 6.92 Å². The van der Waals surface area contributed by atoms with Crippen molar-refractivity contribution in [1.29, 1.82) is 0 Å². The minimum atomic E-state index is -1.31. The third-order valence-electron chi connectivity index (χ3n) is 7.47. The molecule has 2 aromatic rings. The van der Waals surface area contributed by atoms with E-state index in [0.29, 0.717) is 36.3 Å². The van der Waals surface area contributed by atoms with Gasteiger partial charge in [-0.3, -0.25) is 4.79 Å². The minimum Gasteiger partial charge on any atom is -0.477 e. The van der Waals surface area contributed by atoms with Crippen molar-refractivity contribution in [1.82, 2.24) is 4.57 Å². The number of aliphatic hydroxyl groups excluding tert-OH is 2. The molecule has 1 aliphatic heterocycles. The smallest absolute Gasteiger partial charge is 0.341 e. The molecule has 0 amide bonds. The van der Waals surface area contributed by atoms with Crippen LogP contribution in [-0.4, -0.2) is 51.7 Å². The summed E-state index contributed by atoms with van der Waals surface area (Å²) in [5, 5.41) is 30.0. The number of rotatable bonds is 6. The molecule has 5 rings (SSSR count). The molecule has 2 unspecified atom stereocenters. The van der Waals surface area contributed by atoms with Gasteiger partial charge in [0.2, 0.25) is 5.43 Å². The summed E-state index contributed by atoms with van der Waals surface area (Å²) in [4.78, 5) is 26.2. The van der Waals surface area contributed by atoms with Gasteiger partial charge in [-0.25, -0.2) is 9.18 Å². The number of hydrogen-bond acceptors (Lipinski definition) is 5. The first-order valence-corrected chi connectivity index (χ1v) is 10.9. The molecule has 7 nitrogen and oxygen atoms in total. The van der Waals surface area contributed by atoms with Crippen LogP contribution in [0.4, 0.5) is 10.1 Å². The predicted octanol–water partition coefficient (Wildman–Crippen LogP) is 2.44. The quantitative estimate of drug-likeness (QED) is 0.651. The lowest BCUT2D eigenvalue weighted by Gasteiger charge is -2.28. The highest BCUT2D eigenvalue weighted by Crippen LogP contribution is 2.51. The van der Waals surface area contributed by atoms with Crippen LogP contribution in [0.25, 0.3) is 10.9 Å². The van der Waals surface area contributed by atoms with Gasteiger partial charge in [0.1, 0.15) is 11.4 Å². The van der Waals surface area contributed by atoms with E-state index in [0.717, 1.165) is 25.7 Å². The summed E-state index contributed by atoms with van der Waals surface area (Å²) in [6.07, 6.45) is 4.89. The van der Waals surface area contributed by atoms with E-state index in [1.165, 1.54) is 12.3 Å². The average Bonchev–Trinajstić information content (AvgIpc) is 3.66. The van der Waals surface area contributed by atoms with E-state index in [9.17, 15) is 24.9 Å². The number of anilines is 1. The number of pyridine rings is 1. The topological polar surface area (TPSA) is 103 Å². The molecule has 31 heavy (non-hydrogen) atoms. The Labute approximate surface area is 178 Å². The summed E-state index contributed by atoms with van der Waals surface area (Å²) in [6, 6.07) is 1.29. The molecular weight excluding hydrogens is 403 g/mol. The highest BCUT2D eigenvalue weighted by molar-refractivity contribution is 5.95. The van der Waals surface area contributed by atoms with Crippen LogP contribution in [0.3, 0.4) is 0 Å².